The summed E-state index contributed by atoms with van der Waals surface area (Å²) in [6, 6.07) is 11.8. The van der Waals surface area contributed by atoms with Crippen LogP contribution in [0.15, 0.2) is 54.9 Å². The Hall–Kier alpha value is -2.69. The zero-order valence-electron chi connectivity index (χ0n) is 12.6. The number of amides is 1. The van der Waals surface area contributed by atoms with Gasteiger partial charge in [0.2, 0.25) is 0 Å². The highest BCUT2D eigenvalue weighted by Crippen LogP contribution is 2.31. The first-order chi connectivity index (χ1) is 11.2. The van der Waals surface area contributed by atoms with Crippen molar-refractivity contribution in [3.05, 3.63) is 66.0 Å². The molecule has 0 aliphatic heterocycles. The van der Waals surface area contributed by atoms with Gasteiger partial charge in [0.15, 0.2) is 0 Å². The van der Waals surface area contributed by atoms with Crippen LogP contribution in [-0.4, -0.2) is 39.0 Å². The van der Waals surface area contributed by atoms with E-state index in [0.717, 1.165) is 18.4 Å². The number of rotatable bonds is 6. The van der Waals surface area contributed by atoms with Crippen LogP contribution in [0.25, 0.3) is 0 Å². The summed E-state index contributed by atoms with van der Waals surface area (Å²) in [6.07, 6.45) is 5.12. The molecule has 118 valence electrons. The number of carboxylic acids is 1. The molecule has 1 N–H and O–H groups in total. The SMILES string of the molecule is O=C(O)C(Cc1ccccc1)N(C(=O)c1ccncc1)C1CC1. The van der Waals surface area contributed by atoms with Crippen LogP contribution < -0.4 is 0 Å². The molecular weight excluding hydrogens is 292 g/mol. The minimum atomic E-state index is -0.969. The molecule has 1 unspecified atom stereocenters. The molecular formula is C18H18N2O3. The van der Waals surface area contributed by atoms with Gasteiger partial charge in [-0.15, -0.1) is 0 Å². The Labute approximate surface area is 134 Å². The first-order valence-electron chi connectivity index (χ1n) is 7.66. The van der Waals surface area contributed by atoms with Gasteiger partial charge in [-0.05, 0) is 30.5 Å². The summed E-state index contributed by atoms with van der Waals surface area (Å²) in [7, 11) is 0. The van der Waals surface area contributed by atoms with E-state index in [4.69, 9.17) is 0 Å². The second-order valence-corrected chi connectivity index (χ2v) is 5.72. The molecule has 0 bridgehead atoms. The fraction of sp³-hybridized carbons (Fsp3) is 0.278. The lowest BCUT2D eigenvalue weighted by atomic mass is 10.0. The summed E-state index contributed by atoms with van der Waals surface area (Å²) in [6.45, 7) is 0. The predicted octanol–water partition coefficient (Wildman–Crippen LogP) is 2.38. The number of aliphatic carboxylic acids is 1. The molecule has 1 aliphatic rings. The number of carboxylic acid groups (broad SMARTS) is 1. The topological polar surface area (TPSA) is 70.5 Å². The Bertz CT molecular complexity index is 684. The third kappa shape index (κ3) is 3.56. The van der Waals surface area contributed by atoms with Gasteiger partial charge >= 0.3 is 5.97 Å². The zero-order chi connectivity index (χ0) is 16.2. The summed E-state index contributed by atoms with van der Waals surface area (Å²) in [5.41, 5.74) is 1.39. The summed E-state index contributed by atoms with van der Waals surface area (Å²) in [5, 5.41) is 9.67. The quantitative estimate of drug-likeness (QED) is 0.889. The molecule has 1 fully saturated rings. The van der Waals surface area contributed by atoms with E-state index in [1.807, 2.05) is 30.3 Å². The van der Waals surface area contributed by atoms with Gasteiger partial charge < -0.3 is 10.0 Å². The Morgan fingerprint density at radius 2 is 1.78 bits per heavy atom. The van der Waals surface area contributed by atoms with Gasteiger partial charge in [0.1, 0.15) is 6.04 Å². The van der Waals surface area contributed by atoms with Crippen LogP contribution in [0.2, 0.25) is 0 Å². The average molecular weight is 310 g/mol. The van der Waals surface area contributed by atoms with Crippen molar-refractivity contribution in [2.24, 2.45) is 0 Å². The van der Waals surface area contributed by atoms with Gasteiger partial charge in [0.25, 0.3) is 5.91 Å². The molecule has 1 amide bonds. The number of hydrogen-bond donors (Lipinski definition) is 1. The fourth-order valence-corrected chi connectivity index (χ4v) is 2.70. The summed E-state index contributed by atoms with van der Waals surface area (Å²) < 4.78 is 0. The fourth-order valence-electron chi connectivity index (χ4n) is 2.70. The van der Waals surface area contributed by atoms with Crippen molar-refractivity contribution in [3.8, 4) is 0 Å². The third-order valence-corrected chi connectivity index (χ3v) is 3.99. The van der Waals surface area contributed by atoms with Crippen LogP contribution >= 0.6 is 0 Å². The van der Waals surface area contributed by atoms with Gasteiger partial charge in [0.05, 0.1) is 0 Å². The summed E-state index contributed by atoms with van der Waals surface area (Å²) in [4.78, 5) is 30.0. The molecule has 0 saturated heterocycles. The normalized spacial score (nSPS) is 15.0. The number of aromatic nitrogens is 1. The van der Waals surface area contributed by atoms with Crippen molar-refractivity contribution in [3.63, 3.8) is 0 Å². The van der Waals surface area contributed by atoms with Gasteiger partial charge in [-0.1, -0.05) is 30.3 Å². The lowest BCUT2D eigenvalue weighted by molar-refractivity contribution is -0.142. The smallest absolute Gasteiger partial charge is 0.326 e. The first-order valence-corrected chi connectivity index (χ1v) is 7.66. The third-order valence-electron chi connectivity index (χ3n) is 3.99. The second-order valence-electron chi connectivity index (χ2n) is 5.72. The Morgan fingerprint density at radius 3 is 2.35 bits per heavy atom. The highest BCUT2D eigenvalue weighted by atomic mass is 16.4. The number of nitrogens with zero attached hydrogens (tertiary/aromatic N) is 2. The van der Waals surface area contributed by atoms with E-state index in [9.17, 15) is 14.7 Å². The van der Waals surface area contributed by atoms with Crippen molar-refractivity contribution >= 4 is 11.9 Å². The highest BCUT2D eigenvalue weighted by molar-refractivity contribution is 5.97. The predicted molar refractivity (Wildman–Crippen MR) is 85.0 cm³/mol. The molecule has 5 heteroatoms. The minimum absolute atomic E-state index is 0.0143. The highest BCUT2D eigenvalue weighted by Gasteiger charge is 2.40. The van der Waals surface area contributed by atoms with E-state index in [2.05, 4.69) is 4.98 Å². The van der Waals surface area contributed by atoms with E-state index in [1.165, 1.54) is 4.90 Å². The Morgan fingerprint density at radius 1 is 1.13 bits per heavy atom. The van der Waals surface area contributed by atoms with Crippen LogP contribution in [0, 0.1) is 0 Å². The monoisotopic (exact) mass is 310 g/mol. The average Bonchev–Trinajstić information content (AvgIpc) is 3.40. The van der Waals surface area contributed by atoms with E-state index in [0.29, 0.717) is 12.0 Å². The largest absolute Gasteiger partial charge is 0.480 e. The summed E-state index contributed by atoms with van der Waals surface area (Å²) >= 11 is 0. The molecule has 0 spiro atoms. The van der Waals surface area contributed by atoms with Gasteiger partial charge in [-0.25, -0.2) is 4.79 Å². The van der Waals surface area contributed by atoms with Crippen molar-refractivity contribution < 1.29 is 14.7 Å². The van der Waals surface area contributed by atoms with Gasteiger partial charge in [-0.3, -0.25) is 9.78 Å². The zero-order valence-corrected chi connectivity index (χ0v) is 12.6. The number of pyridine rings is 1. The standard InChI is InChI=1S/C18H18N2O3/c21-17(14-8-10-19-11-9-14)20(15-6-7-15)16(18(22)23)12-13-4-2-1-3-5-13/h1-5,8-11,15-16H,6-7,12H2,(H,22,23). The summed E-state index contributed by atoms with van der Waals surface area (Å²) in [5.74, 6) is -1.21. The number of carbonyl (C=O) groups excluding carboxylic acids is 1. The van der Waals surface area contributed by atoms with Gasteiger partial charge in [-0.2, -0.15) is 0 Å². The first kappa shape index (κ1) is 15.2. The minimum Gasteiger partial charge on any atom is -0.480 e. The molecule has 1 aliphatic carbocycles. The van der Waals surface area contributed by atoms with E-state index < -0.39 is 12.0 Å². The van der Waals surface area contributed by atoms with E-state index >= 15 is 0 Å². The molecule has 23 heavy (non-hydrogen) atoms. The van der Waals surface area contributed by atoms with Crippen molar-refractivity contribution in [2.75, 3.05) is 0 Å². The maximum atomic E-state index is 12.8. The molecule has 1 heterocycles. The molecule has 3 rings (SSSR count). The lowest BCUT2D eigenvalue weighted by Gasteiger charge is -2.29. The van der Waals surface area contributed by atoms with Crippen LogP contribution in [-0.2, 0) is 11.2 Å². The molecule has 0 radical (unpaired) electrons. The van der Waals surface area contributed by atoms with E-state index in [1.54, 1.807) is 24.5 Å². The maximum absolute atomic E-state index is 12.8. The van der Waals surface area contributed by atoms with Crippen LogP contribution in [0.1, 0.15) is 28.8 Å². The van der Waals surface area contributed by atoms with Gasteiger partial charge in [0, 0.05) is 30.4 Å². The van der Waals surface area contributed by atoms with Crippen molar-refractivity contribution in [1.82, 2.24) is 9.88 Å². The number of hydrogen-bond acceptors (Lipinski definition) is 3. The maximum Gasteiger partial charge on any atom is 0.326 e. The second kappa shape index (κ2) is 6.60. The Kier molecular flexibility index (Phi) is 4.37. The molecule has 1 aromatic heterocycles. The van der Waals surface area contributed by atoms with Crippen LogP contribution in [0.3, 0.4) is 0 Å². The molecule has 5 nitrogen and oxygen atoms in total. The molecule has 2 aromatic rings. The lowest BCUT2D eigenvalue weighted by Crippen LogP contribution is -2.47. The van der Waals surface area contributed by atoms with Crippen molar-refractivity contribution in [1.29, 1.82) is 0 Å². The molecule has 1 saturated carbocycles. The number of carbonyl (C=O) groups is 2. The molecule has 1 aromatic carbocycles. The number of benzene rings is 1. The van der Waals surface area contributed by atoms with E-state index in [-0.39, 0.29) is 11.9 Å². The molecule has 1 atom stereocenters. The van der Waals surface area contributed by atoms with Crippen molar-refractivity contribution in [2.45, 2.75) is 31.3 Å². The van der Waals surface area contributed by atoms with Crippen LogP contribution in [0.5, 0.6) is 0 Å². The Balaban J connectivity index is 1.88. The van der Waals surface area contributed by atoms with Crippen LogP contribution in [0.4, 0.5) is 0 Å².